The Hall–Kier alpha value is -2.67. The first-order chi connectivity index (χ1) is 10.5. The maximum atomic E-state index is 11.7. The number of ether oxygens (including phenoxy) is 3. The van der Waals surface area contributed by atoms with Gasteiger partial charge in [0.05, 0.1) is 21.3 Å². The molecule has 0 fully saturated rings. The Balaban J connectivity index is 2.81. The quantitative estimate of drug-likeness (QED) is 0.420. The molecule has 0 aliphatic heterocycles. The Labute approximate surface area is 128 Å². The van der Waals surface area contributed by atoms with E-state index in [1.807, 2.05) is 12.1 Å². The molecule has 1 aromatic carbocycles. The number of nitrogens with two attached hydrogens (primary N) is 1. The van der Waals surface area contributed by atoms with Crippen molar-refractivity contribution in [1.29, 1.82) is 5.41 Å². The second kappa shape index (κ2) is 8.58. The molecule has 0 radical (unpaired) electrons. The third kappa shape index (κ3) is 5.02. The highest BCUT2D eigenvalue weighted by Gasteiger charge is 2.18. The first kappa shape index (κ1) is 17.4. The summed E-state index contributed by atoms with van der Waals surface area (Å²) in [7, 11) is 3.99. The fraction of sp³-hybridized carbons (Fsp3) is 0.267. The molecule has 1 rings (SSSR count). The van der Waals surface area contributed by atoms with Gasteiger partial charge in [0.25, 0.3) is 0 Å². The number of nitrogens with one attached hydrogen (secondary N) is 1. The Morgan fingerprint density at radius 3 is 2.18 bits per heavy atom. The molecule has 0 aromatic heterocycles. The second-order valence-electron chi connectivity index (χ2n) is 4.25. The van der Waals surface area contributed by atoms with Crippen LogP contribution in [-0.4, -0.2) is 39.0 Å². The maximum Gasteiger partial charge on any atom is 0.392 e. The first-order valence-corrected chi connectivity index (χ1v) is 6.44. The smallest absolute Gasteiger partial charge is 0.392 e. The fourth-order valence-corrected chi connectivity index (χ4v) is 1.63. The molecule has 0 heterocycles. The highest BCUT2D eigenvalue weighted by atomic mass is 16.5. The summed E-state index contributed by atoms with van der Waals surface area (Å²) in [6.07, 6.45) is 1.13. The lowest BCUT2D eigenvalue weighted by Gasteiger charge is -2.05. The topological polar surface area (TPSA) is 102 Å². The van der Waals surface area contributed by atoms with E-state index in [0.29, 0.717) is 6.54 Å². The van der Waals surface area contributed by atoms with E-state index in [9.17, 15) is 9.59 Å². The third-order valence-corrected chi connectivity index (χ3v) is 2.84. The lowest BCUT2D eigenvalue weighted by molar-refractivity contribution is -0.618. The van der Waals surface area contributed by atoms with Gasteiger partial charge in [-0.2, -0.15) is 0 Å². The van der Waals surface area contributed by atoms with Crippen LogP contribution < -0.4 is 10.1 Å². The van der Waals surface area contributed by atoms with Crippen LogP contribution in [0.15, 0.2) is 36.0 Å². The summed E-state index contributed by atoms with van der Waals surface area (Å²) >= 11 is 0. The molecule has 0 spiro atoms. The van der Waals surface area contributed by atoms with E-state index < -0.39 is 17.7 Å². The lowest BCUT2D eigenvalue weighted by atomic mass is 10.2. The molecule has 1 aromatic rings. The standard InChI is InChI=1S/C15H18N2O5/c1-20-11-6-4-10(5-7-11)9-17-13(15(19)22-3)8-12(16)14(18)21-2/h4-8,16-17H,9H2,1-3H3/p+1/b13-8-,16-12?. The number of carbonyl (C=O) groups is 2. The van der Waals surface area contributed by atoms with Crippen LogP contribution in [0.2, 0.25) is 0 Å². The zero-order valence-corrected chi connectivity index (χ0v) is 12.7. The van der Waals surface area contributed by atoms with Crippen molar-refractivity contribution < 1.29 is 29.1 Å². The summed E-state index contributed by atoms with van der Waals surface area (Å²) < 4.78 is 14.1. The molecule has 7 nitrogen and oxygen atoms in total. The predicted octanol–water partition coefficient (Wildman–Crippen LogP) is 0.00827. The molecule has 0 amide bonds. The van der Waals surface area contributed by atoms with Gasteiger partial charge in [-0.3, -0.25) is 5.41 Å². The Bertz CT molecular complexity index is 578. The number of benzene rings is 1. The molecule has 0 saturated carbocycles. The largest absolute Gasteiger partial charge is 0.497 e. The zero-order valence-electron chi connectivity index (χ0n) is 12.7. The zero-order chi connectivity index (χ0) is 16.5. The number of hydrogen-bond donors (Lipinski definition) is 2. The average molecular weight is 307 g/mol. The van der Waals surface area contributed by atoms with Crippen LogP contribution in [0.5, 0.6) is 5.75 Å². The van der Waals surface area contributed by atoms with Crippen LogP contribution >= 0.6 is 0 Å². The van der Waals surface area contributed by atoms with Crippen LogP contribution in [0, 0.1) is 5.41 Å². The number of methoxy groups -OCH3 is 3. The molecular formula is C15H19N2O5+. The summed E-state index contributed by atoms with van der Waals surface area (Å²) in [5, 5.41) is 9.12. The number of carbonyl (C=O) groups excluding carboxylic acids is 2. The van der Waals surface area contributed by atoms with Crippen LogP contribution in [-0.2, 0) is 25.6 Å². The summed E-state index contributed by atoms with van der Waals surface area (Å²) in [4.78, 5) is 22.9. The van der Waals surface area contributed by atoms with Crippen molar-refractivity contribution in [3.8, 4) is 5.75 Å². The molecule has 0 aliphatic rings. The molecule has 0 saturated heterocycles. The number of rotatable bonds is 7. The minimum atomic E-state index is -0.820. The highest BCUT2D eigenvalue weighted by molar-refractivity contribution is 6.40. The van der Waals surface area contributed by atoms with Gasteiger partial charge in [0, 0.05) is 11.6 Å². The molecule has 22 heavy (non-hydrogen) atoms. The molecule has 0 aliphatic carbocycles. The summed E-state index contributed by atoms with van der Waals surface area (Å²) in [5.74, 6) is -0.707. The Morgan fingerprint density at radius 2 is 1.68 bits per heavy atom. The van der Waals surface area contributed by atoms with Gasteiger partial charge < -0.3 is 19.5 Å². The summed E-state index contributed by atoms with van der Waals surface area (Å²) in [6, 6.07) is 7.33. The van der Waals surface area contributed by atoms with Gasteiger partial charge in [-0.15, -0.1) is 0 Å². The van der Waals surface area contributed by atoms with Gasteiger partial charge in [0.2, 0.25) is 5.70 Å². The molecule has 118 valence electrons. The fourth-order valence-electron chi connectivity index (χ4n) is 1.63. The van der Waals surface area contributed by atoms with Crippen LogP contribution in [0.4, 0.5) is 0 Å². The third-order valence-electron chi connectivity index (χ3n) is 2.84. The molecule has 7 heteroatoms. The lowest BCUT2D eigenvalue weighted by Crippen LogP contribution is -2.82. The van der Waals surface area contributed by atoms with Gasteiger partial charge in [0.1, 0.15) is 18.0 Å². The minimum Gasteiger partial charge on any atom is -0.497 e. The normalized spacial score (nSPS) is 10.8. The summed E-state index contributed by atoms with van der Waals surface area (Å²) in [6.45, 7) is 0.444. The second-order valence-corrected chi connectivity index (χ2v) is 4.25. The monoisotopic (exact) mass is 307 g/mol. The van der Waals surface area contributed by atoms with Crippen LogP contribution in [0.25, 0.3) is 0 Å². The Morgan fingerprint density at radius 1 is 1.09 bits per heavy atom. The molecular weight excluding hydrogens is 288 g/mol. The SMILES string of the molecule is COC(=O)C(=N)/C=C(\[NH2+]Cc1ccc(OC)cc1)C(=O)OC. The van der Waals surface area contributed by atoms with E-state index >= 15 is 0 Å². The van der Waals surface area contributed by atoms with E-state index in [1.165, 1.54) is 14.2 Å². The van der Waals surface area contributed by atoms with Crippen molar-refractivity contribution in [2.24, 2.45) is 0 Å². The van der Waals surface area contributed by atoms with E-state index in [2.05, 4.69) is 9.47 Å². The van der Waals surface area contributed by atoms with Crippen molar-refractivity contribution in [1.82, 2.24) is 0 Å². The predicted molar refractivity (Wildman–Crippen MR) is 78.5 cm³/mol. The van der Waals surface area contributed by atoms with E-state index in [4.69, 9.17) is 10.1 Å². The van der Waals surface area contributed by atoms with Crippen molar-refractivity contribution in [3.63, 3.8) is 0 Å². The number of hydrogen-bond acceptors (Lipinski definition) is 6. The Kier molecular flexibility index (Phi) is 6.78. The van der Waals surface area contributed by atoms with Crippen LogP contribution in [0.1, 0.15) is 5.56 Å². The maximum absolute atomic E-state index is 11.7. The van der Waals surface area contributed by atoms with Gasteiger partial charge >= 0.3 is 11.9 Å². The molecule has 0 bridgehead atoms. The van der Waals surface area contributed by atoms with Crippen molar-refractivity contribution in [2.75, 3.05) is 21.3 Å². The van der Waals surface area contributed by atoms with Crippen molar-refractivity contribution >= 4 is 17.7 Å². The molecule has 3 N–H and O–H groups in total. The van der Waals surface area contributed by atoms with Crippen molar-refractivity contribution in [3.05, 3.63) is 41.6 Å². The summed E-state index contributed by atoms with van der Waals surface area (Å²) in [5.41, 5.74) is 0.641. The van der Waals surface area contributed by atoms with E-state index in [0.717, 1.165) is 17.4 Å². The number of esters is 2. The highest BCUT2D eigenvalue weighted by Crippen LogP contribution is 2.10. The van der Waals surface area contributed by atoms with Gasteiger partial charge in [-0.05, 0) is 24.3 Å². The van der Waals surface area contributed by atoms with Gasteiger partial charge in [-0.1, -0.05) is 0 Å². The van der Waals surface area contributed by atoms with Crippen molar-refractivity contribution in [2.45, 2.75) is 6.54 Å². The van der Waals surface area contributed by atoms with Gasteiger partial charge in [-0.25, -0.2) is 9.59 Å². The molecule has 0 unspecified atom stereocenters. The first-order valence-electron chi connectivity index (χ1n) is 6.44. The van der Waals surface area contributed by atoms with E-state index in [1.54, 1.807) is 24.6 Å². The average Bonchev–Trinajstić information content (AvgIpc) is 2.57. The number of quaternary nitrogens is 1. The van der Waals surface area contributed by atoms with Crippen LogP contribution in [0.3, 0.4) is 0 Å². The van der Waals surface area contributed by atoms with E-state index in [-0.39, 0.29) is 5.70 Å². The van der Waals surface area contributed by atoms with Gasteiger partial charge in [0.15, 0.2) is 0 Å². The molecule has 0 atom stereocenters. The minimum absolute atomic E-state index is 0.119.